The predicted octanol–water partition coefficient (Wildman–Crippen LogP) is 19.2. The van der Waals surface area contributed by atoms with E-state index >= 15 is 0 Å². The highest BCUT2D eigenvalue weighted by atomic mass is 15.1. The Morgan fingerprint density at radius 3 is 1.20 bits per heavy atom. The first-order valence-corrected chi connectivity index (χ1v) is 28.1. The molecule has 0 radical (unpaired) electrons. The zero-order valence-corrected chi connectivity index (χ0v) is 45.4. The lowest BCUT2D eigenvalue weighted by Gasteiger charge is -2.20. The van der Waals surface area contributed by atoms with Crippen LogP contribution in [0.4, 0.5) is 0 Å². The Bertz CT molecular complexity index is 4780. The van der Waals surface area contributed by atoms with E-state index in [0.29, 0.717) is 28.6 Å². The molecule has 15 rings (SSSR count). The third kappa shape index (κ3) is 8.71. The molecular weight excluding hydrogens is 1020 g/mol. The number of hydrogen-bond donors (Lipinski definition) is 0. The van der Waals surface area contributed by atoms with Gasteiger partial charge in [0.05, 0.1) is 40.0 Å². The van der Waals surface area contributed by atoms with Gasteiger partial charge in [0, 0.05) is 33.4 Å². The van der Waals surface area contributed by atoms with E-state index in [2.05, 4.69) is 223 Å². The van der Waals surface area contributed by atoms with Gasteiger partial charge in [-0.25, -0.2) is 15.0 Å². The van der Waals surface area contributed by atoms with Crippen LogP contribution in [0, 0.1) is 22.7 Å². The fraction of sp³-hybridized carbons (Fsp3) is 0.0128. The summed E-state index contributed by atoms with van der Waals surface area (Å²) in [6.07, 6.45) is 0. The van der Waals surface area contributed by atoms with Crippen LogP contribution in [-0.2, 0) is 0 Å². The van der Waals surface area contributed by atoms with Crippen LogP contribution in [0.5, 0.6) is 0 Å². The highest BCUT2D eigenvalue weighted by Crippen LogP contribution is 2.52. The third-order valence-electron chi connectivity index (χ3n) is 16.5. The molecule has 1 aliphatic carbocycles. The molecule has 2 aromatic heterocycles. The minimum Gasteiger partial charge on any atom is -0.308 e. The molecule has 6 nitrogen and oxygen atoms in total. The van der Waals surface area contributed by atoms with Crippen LogP contribution in [0.1, 0.15) is 33.7 Å². The second kappa shape index (κ2) is 20.8. The first kappa shape index (κ1) is 49.5. The maximum Gasteiger partial charge on any atom is 0.166 e. The Labute approximate surface area is 486 Å². The van der Waals surface area contributed by atoms with E-state index < -0.39 is 0 Å². The van der Waals surface area contributed by atoms with E-state index in [0.717, 1.165) is 128 Å². The summed E-state index contributed by atoms with van der Waals surface area (Å²) in [7, 11) is 0. The molecule has 2 heterocycles. The highest BCUT2D eigenvalue weighted by Gasteiger charge is 2.34. The van der Waals surface area contributed by atoms with Gasteiger partial charge in [-0.3, -0.25) is 0 Å². The number of rotatable bonds is 10. The molecule has 0 saturated carbocycles. The number of aromatic nitrogens is 4. The average Bonchev–Trinajstić information content (AvgIpc) is 2.27. The first-order valence-electron chi connectivity index (χ1n) is 28.1. The van der Waals surface area contributed by atoms with Gasteiger partial charge < -0.3 is 4.57 Å². The minimum atomic E-state index is -0.242. The molecule has 0 saturated heterocycles. The second-order valence-corrected chi connectivity index (χ2v) is 21.3. The molecule has 0 amide bonds. The van der Waals surface area contributed by atoms with Crippen molar-refractivity contribution in [1.82, 2.24) is 19.5 Å². The van der Waals surface area contributed by atoms with Gasteiger partial charge in [0.25, 0.3) is 0 Å². The number of nitrogens with zero attached hydrogens (tertiary/aromatic N) is 6. The normalized spacial score (nSPS) is 11.7. The van der Waals surface area contributed by atoms with Gasteiger partial charge in [-0.2, -0.15) is 10.5 Å². The maximum atomic E-state index is 10.8. The summed E-state index contributed by atoms with van der Waals surface area (Å²) < 4.78 is 2.33. The minimum absolute atomic E-state index is 0.242. The second-order valence-electron chi connectivity index (χ2n) is 21.3. The van der Waals surface area contributed by atoms with Crippen molar-refractivity contribution in [3.05, 3.63) is 313 Å². The number of fused-ring (bicyclic) bond motifs is 6. The van der Waals surface area contributed by atoms with Gasteiger partial charge in [-0.05, 0) is 150 Å². The predicted molar refractivity (Wildman–Crippen MR) is 340 cm³/mol. The van der Waals surface area contributed by atoms with E-state index in [1.807, 2.05) is 78.9 Å². The summed E-state index contributed by atoms with van der Waals surface area (Å²) >= 11 is 0. The molecule has 84 heavy (non-hydrogen) atoms. The van der Waals surface area contributed by atoms with Crippen LogP contribution in [0.25, 0.3) is 128 Å². The Morgan fingerprint density at radius 1 is 0.286 bits per heavy atom. The van der Waals surface area contributed by atoms with Crippen molar-refractivity contribution < 1.29 is 0 Å². The topological polar surface area (TPSA) is 91.2 Å². The molecule has 0 spiro atoms. The third-order valence-corrected chi connectivity index (χ3v) is 16.5. The average molecular weight is 1070 g/mol. The van der Waals surface area contributed by atoms with Gasteiger partial charge in [0.1, 0.15) is 0 Å². The number of hydrogen-bond acceptors (Lipinski definition) is 5. The molecule has 390 valence electrons. The summed E-state index contributed by atoms with van der Waals surface area (Å²) in [5.41, 5.74) is 22.4. The summed E-state index contributed by atoms with van der Waals surface area (Å²) in [6, 6.07) is 104. The molecule has 0 unspecified atom stereocenters. The summed E-state index contributed by atoms with van der Waals surface area (Å²) in [4.78, 5) is 16.5. The molecule has 0 N–H and O–H groups in total. The quantitative estimate of drug-likeness (QED) is 0.136. The van der Waals surface area contributed by atoms with Crippen molar-refractivity contribution in [2.45, 2.75) is 5.92 Å². The van der Waals surface area contributed by atoms with Gasteiger partial charge in [-0.15, -0.1) is 0 Å². The van der Waals surface area contributed by atoms with E-state index in [-0.39, 0.29) is 5.92 Å². The van der Waals surface area contributed by atoms with E-state index in [4.69, 9.17) is 15.0 Å². The molecule has 0 bridgehead atoms. The van der Waals surface area contributed by atoms with Crippen LogP contribution < -0.4 is 0 Å². The van der Waals surface area contributed by atoms with Crippen LogP contribution in [0.15, 0.2) is 285 Å². The van der Waals surface area contributed by atoms with Crippen molar-refractivity contribution in [3.8, 4) is 119 Å². The van der Waals surface area contributed by atoms with Crippen LogP contribution in [0.2, 0.25) is 0 Å². The standard InChI is InChI=1S/C78H48N6/c79-48-50-30-36-65(75-63-37-31-56(51-18-6-1-7-19-51)43-66(63)67-44-57(32-38-64(67)75)52-20-8-2-9-21-52)70(42-50)77-81-76(55-26-14-5-15-27-55)82-78(83-77)71-47-60(62-29-17-16-28-61(62)49-80)35-41-74(71)84-72-39-33-58(53-22-10-3-11-23-53)45-68(72)69-46-59(34-40-73(69)84)54-24-12-4-13-25-54/h1-47,75H. The lowest BCUT2D eigenvalue weighted by molar-refractivity contribution is 1.000. The van der Waals surface area contributed by atoms with E-state index in [1.165, 1.54) is 0 Å². The lowest BCUT2D eigenvalue weighted by Crippen LogP contribution is -2.07. The fourth-order valence-corrected chi connectivity index (χ4v) is 12.4. The zero-order chi connectivity index (χ0) is 56.1. The van der Waals surface area contributed by atoms with Gasteiger partial charge >= 0.3 is 0 Å². The van der Waals surface area contributed by atoms with Crippen LogP contribution in [-0.4, -0.2) is 19.5 Å². The summed E-state index contributed by atoms with van der Waals surface area (Å²) in [5, 5.41) is 23.5. The Balaban J connectivity index is 0.989. The Hall–Kier alpha value is -11.6. The van der Waals surface area contributed by atoms with Crippen molar-refractivity contribution in [1.29, 1.82) is 10.5 Å². The monoisotopic (exact) mass is 1070 g/mol. The largest absolute Gasteiger partial charge is 0.308 e. The zero-order valence-electron chi connectivity index (χ0n) is 45.4. The maximum absolute atomic E-state index is 10.8. The summed E-state index contributed by atoms with van der Waals surface area (Å²) in [6.45, 7) is 0. The van der Waals surface area contributed by atoms with E-state index in [1.54, 1.807) is 0 Å². The van der Waals surface area contributed by atoms with Gasteiger partial charge in [0.15, 0.2) is 17.5 Å². The highest BCUT2D eigenvalue weighted by molar-refractivity contribution is 6.12. The molecule has 1 aliphatic rings. The Kier molecular flexibility index (Phi) is 12.3. The first-order chi connectivity index (χ1) is 41.5. The van der Waals surface area contributed by atoms with Crippen molar-refractivity contribution >= 4 is 21.8 Å². The lowest BCUT2D eigenvalue weighted by atomic mass is 9.84. The number of nitriles is 2. The van der Waals surface area contributed by atoms with Gasteiger partial charge in [0.2, 0.25) is 0 Å². The smallest absolute Gasteiger partial charge is 0.166 e. The summed E-state index contributed by atoms with van der Waals surface area (Å²) in [5.74, 6) is 1.10. The fourth-order valence-electron chi connectivity index (χ4n) is 12.4. The van der Waals surface area contributed by atoms with Crippen molar-refractivity contribution in [3.63, 3.8) is 0 Å². The molecular formula is C78H48N6. The molecule has 14 aromatic rings. The van der Waals surface area contributed by atoms with Crippen LogP contribution >= 0.6 is 0 Å². The number of benzene rings is 12. The van der Waals surface area contributed by atoms with Crippen molar-refractivity contribution in [2.75, 3.05) is 0 Å². The van der Waals surface area contributed by atoms with Crippen molar-refractivity contribution in [2.24, 2.45) is 0 Å². The van der Waals surface area contributed by atoms with Gasteiger partial charge in [-0.1, -0.05) is 218 Å². The van der Waals surface area contributed by atoms with E-state index in [9.17, 15) is 10.5 Å². The SMILES string of the molecule is N#Cc1ccc(C2c3ccc(-c4ccccc4)cc3-c3cc(-c4ccccc4)ccc32)c(-c2nc(-c3ccccc3)nc(-c3cc(-c4ccccc4C#N)ccc3-n3c4ccc(-c5ccccc5)cc4c4cc(-c5ccccc5)ccc43)n2)c1. The van der Waals surface area contributed by atoms with Crippen LogP contribution in [0.3, 0.4) is 0 Å². The molecule has 0 aliphatic heterocycles. The molecule has 0 atom stereocenters. The molecule has 6 heteroatoms. The Morgan fingerprint density at radius 2 is 0.690 bits per heavy atom. The molecule has 12 aromatic carbocycles. The molecule has 0 fully saturated rings.